The third-order valence-corrected chi connectivity index (χ3v) is 3.30. The third-order valence-electron chi connectivity index (χ3n) is 2.09. The number of anilines is 1. The minimum Gasteiger partial charge on any atom is -0.435 e. The quantitative estimate of drug-likeness (QED) is 0.880. The van der Waals surface area contributed by atoms with E-state index in [4.69, 9.17) is 4.74 Å². The molecule has 0 amide bonds. The van der Waals surface area contributed by atoms with E-state index in [9.17, 15) is 4.39 Å². The summed E-state index contributed by atoms with van der Waals surface area (Å²) in [5, 5.41) is 2.87. The maximum Gasteiger partial charge on any atom is 0.239 e. The van der Waals surface area contributed by atoms with Crippen molar-refractivity contribution in [1.82, 2.24) is 9.97 Å². The average Bonchev–Trinajstić information content (AvgIpc) is 2.35. The second kappa shape index (κ2) is 5.62. The average molecular weight is 377 g/mol. The molecule has 0 aliphatic heterocycles. The highest BCUT2D eigenvalue weighted by Crippen LogP contribution is 2.33. The van der Waals surface area contributed by atoms with Crippen LogP contribution < -0.4 is 10.1 Å². The molecule has 2 aromatic rings. The molecule has 0 unspecified atom stereocenters. The second-order valence-electron chi connectivity index (χ2n) is 3.27. The Balaban J connectivity index is 2.34. The van der Waals surface area contributed by atoms with E-state index in [1.807, 2.05) is 0 Å². The molecule has 0 bridgehead atoms. The van der Waals surface area contributed by atoms with Gasteiger partial charge in [-0.3, -0.25) is 0 Å². The number of benzene rings is 1. The van der Waals surface area contributed by atoms with Crippen molar-refractivity contribution in [2.24, 2.45) is 0 Å². The van der Waals surface area contributed by atoms with Crippen molar-refractivity contribution in [2.45, 2.75) is 0 Å². The normalized spacial score (nSPS) is 10.2. The van der Waals surface area contributed by atoms with Gasteiger partial charge in [-0.2, -0.15) is 0 Å². The molecule has 4 nitrogen and oxygen atoms in total. The fourth-order valence-electron chi connectivity index (χ4n) is 1.26. The minimum atomic E-state index is -0.471. The highest BCUT2D eigenvalue weighted by Gasteiger charge is 2.12. The Hall–Kier alpha value is -1.21. The molecule has 18 heavy (non-hydrogen) atoms. The largest absolute Gasteiger partial charge is 0.435 e. The first-order chi connectivity index (χ1) is 8.61. The van der Waals surface area contributed by atoms with Gasteiger partial charge in [-0.25, -0.2) is 14.4 Å². The molecule has 2 rings (SSSR count). The fourth-order valence-corrected chi connectivity index (χ4v) is 2.08. The van der Waals surface area contributed by atoms with Gasteiger partial charge < -0.3 is 10.1 Å². The molecule has 0 saturated heterocycles. The molecular weight excluding hydrogens is 369 g/mol. The molecule has 0 saturated carbocycles. The molecule has 94 valence electrons. The van der Waals surface area contributed by atoms with Crippen molar-refractivity contribution in [3.63, 3.8) is 0 Å². The van der Waals surface area contributed by atoms with Crippen LogP contribution in [0.2, 0.25) is 0 Å². The van der Waals surface area contributed by atoms with Crippen LogP contribution in [0.5, 0.6) is 11.6 Å². The molecule has 0 radical (unpaired) electrons. The topological polar surface area (TPSA) is 47.0 Å². The van der Waals surface area contributed by atoms with E-state index < -0.39 is 5.82 Å². The van der Waals surface area contributed by atoms with Crippen molar-refractivity contribution >= 4 is 37.7 Å². The molecule has 0 aliphatic carbocycles. The van der Waals surface area contributed by atoms with E-state index in [0.29, 0.717) is 14.8 Å². The van der Waals surface area contributed by atoms with Crippen molar-refractivity contribution in [1.29, 1.82) is 0 Å². The first-order valence-corrected chi connectivity index (χ1v) is 6.51. The van der Waals surface area contributed by atoms with E-state index in [1.165, 1.54) is 18.5 Å². The predicted molar refractivity (Wildman–Crippen MR) is 73.5 cm³/mol. The highest BCUT2D eigenvalue weighted by atomic mass is 79.9. The van der Waals surface area contributed by atoms with Crippen LogP contribution in [0, 0.1) is 5.82 Å². The van der Waals surface area contributed by atoms with Crippen molar-refractivity contribution in [3.05, 3.63) is 39.3 Å². The first-order valence-electron chi connectivity index (χ1n) is 4.93. The molecule has 7 heteroatoms. The molecule has 1 aromatic carbocycles. The number of rotatable bonds is 3. The molecule has 0 aliphatic rings. The SMILES string of the molecule is CNc1ncnc(Oc2ccc(Br)cc2F)c1Br. The first kappa shape index (κ1) is 13.2. The van der Waals surface area contributed by atoms with Crippen LogP contribution in [0.25, 0.3) is 0 Å². The Morgan fingerprint density at radius 1 is 1.28 bits per heavy atom. The van der Waals surface area contributed by atoms with Crippen LogP contribution in [0.3, 0.4) is 0 Å². The molecule has 0 spiro atoms. The fraction of sp³-hybridized carbons (Fsp3) is 0.0909. The lowest BCUT2D eigenvalue weighted by atomic mass is 10.3. The van der Waals surface area contributed by atoms with Crippen LogP contribution in [0.4, 0.5) is 10.2 Å². The van der Waals surface area contributed by atoms with Gasteiger partial charge in [-0.05, 0) is 34.1 Å². The van der Waals surface area contributed by atoms with Gasteiger partial charge in [0.25, 0.3) is 0 Å². The van der Waals surface area contributed by atoms with Crippen LogP contribution in [-0.2, 0) is 0 Å². The summed E-state index contributed by atoms with van der Waals surface area (Å²) in [6, 6.07) is 4.53. The van der Waals surface area contributed by atoms with E-state index in [2.05, 4.69) is 47.1 Å². The smallest absolute Gasteiger partial charge is 0.239 e. The van der Waals surface area contributed by atoms with E-state index in [-0.39, 0.29) is 11.6 Å². The molecule has 0 atom stereocenters. The van der Waals surface area contributed by atoms with Gasteiger partial charge in [0.15, 0.2) is 11.6 Å². The Kier molecular flexibility index (Phi) is 4.13. The van der Waals surface area contributed by atoms with Crippen molar-refractivity contribution in [3.8, 4) is 11.6 Å². The molecule has 1 aromatic heterocycles. The number of nitrogens with one attached hydrogen (secondary N) is 1. The number of hydrogen-bond acceptors (Lipinski definition) is 4. The zero-order valence-corrected chi connectivity index (χ0v) is 12.4. The summed E-state index contributed by atoms with van der Waals surface area (Å²) in [6.07, 6.45) is 1.34. The van der Waals surface area contributed by atoms with Crippen LogP contribution >= 0.6 is 31.9 Å². The lowest BCUT2D eigenvalue weighted by molar-refractivity contribution is 0.424. The van der Waals surface area contributed by atoms with Crippen LogP contribution in [0.1, 0.15) is 0 Å². The molecule has 0 fully saturated rings. The van der Waals surface area contributed by atoms with Gasteiger partial charge in [0.2, 0.25) is 5.88 Å². The highest BCUT2D eigenvalue weighted by molar-refractivity contribution is 9.11. The van der Waals surface area contributed by atoms with Crippen molar-refractivity contribution < 1.29 is 9.13 Å². The van der Waals surface area contributed by atoms with Crippen LogP contribution in [-0.4, -0.2) is 17.0 Å². The molecular formula is C11H8Br2FN3O. The van der Waals surface area contributed by atoms with Crippen molar-refractivity contribution in [2.75, 3.05) is 12.4 Å². The predicted octanol–water partition coefficient (Wildman–Crippen LogP) is 3.97. The summed E-state index contributed by atoms with van der Waals surface area (Å²) < 4.78 is 20.2. The summed E-state index contributed by atoms with van der Waals surface area (Å²) in [7, 11) is 1.72. The Bertz CT molecular complexity index is 580. The Morgan fingerprint density at radius 2 is 2.06 bits per heavy atom. The number of aromatic nitrogens is 2. The van der Waals surface area contributed by atoms with Gasteiger partial charge >= 0.3 is 0 Å². The number of nitrogens with zero attached hydrogens (tertiary/aromatic N) is 2. The second-order valence-corrected chi connectivity index (χ2v) is 4.98. The molecule has 1 N–H and O–H groups in total. The Labute approximate surface area is 120 Å². The van der Waals surface area contributed by atoms with E-state index in [0.717, 1.165) is 0 Å². The van der Waals surface area contributed by atoms with E-state index >= 15 is 0 Å². The maximum atomic E-state index is 13.6. The minimum absolute atomic E-state index is 0.0969. The lowest BCUT2D eigenvalue weighted by Crippen LogP contribution is -1.98. The number of hydrogen-bond donors (Lipinski definition) is 1. The number of halogens is 3. The van der Waals surface area contributed by atoms with Gasteiger partial charge in [0, 0.05) is 11.5 Å². The zero-order chi connectivity index (χ0) is 13.1. The third kappa shape index (κ3) is 2.78. The molecule has 1 heterocycles. The maximum absolute atomic E-state index is 13.6. The monoisotopic (exact) mass is 375 g/mol. The van der Waals surface area contributed by atoms with Crippen LogP contribution in [0.15, 0.2) is 33.5 Å². The standard InChI is InChI=1S/C11H8Br2FN3O/c1-15-10-9(13)11(17-5-16-10)18-8-3-2-6(12)4-7(8)14/h2-5H,1H3,(H,15,16,17). The summed E-state index contributed by atoms with van der Waals surface area (Å²) in [4.78, 5) is 7.93. The number of ether oxygens (including phenoxy) is 1. The van der Waals surface area contributed by atoms with Gasteiger partial charge in [-0.1, -0.05) is 15.9 Å². The Morgan fingerprint density at radius 3 is 2.72 bits per heavy atom. The summed E-state index contributed by atoms with van der Waals surface area (Å²) in [5.41, 5.74) is 0. The summed E-state index contributed by atoms with van der Waals surface area (Å²) in [5.74, 6) is 0.439. The van der Waals surface area contributed by atoms with Gasteiger partial charge in [-0.15, -0.1) is 0 Å². The summed E-state index contributed by atoms with van der Waals surface area (Å²) in [6.45, 7) is 0. The lowest BCUT2D eigenvalue weighted by Gasteiger charge is -2.09. The zero-order valence-electron chi connectivity index (χ0n) is 9.25. The van der Waals surface area contributed by atoms with Gasteiger partial charge in [0.1, 0.15) is 16.6 Å². The summed E-state index contributed by atoms with van der Waals surface area (Å²) >= 11 is 6.47. The van der Waals surface area contributed by atoms with Gasteiger partial charge in [0.05, 0.1) is 0 Å². The van der Waals surface area contributed by atoms with E-state index in [1.54, 1.807) is 13.1 Å².